The average Bonchev–Trinajstić information content (AvgIpc) is 2.76. The zero-order chi connectivity index (χ0) is 22.9. The van der Waals surface area contributed by atoms with Gasteiger partial charge in [0.05, 0.1) is 19.3 Å². The first-order valence-corrected chi connectivity index (χ1v) is 10.6. The van der Waals surface area contributed by atoms with Gasteiger partial charge in [0, 0.05) is 28.4 Å². The number of nitrogens with one attached hydrogen (secondary N) is 1. The van der Waals surface area contributed by atoms with Gasteiger partial charge in [-0.15, -0.1) is 0 Å². The molecule has 1 aliphatic heterocycles. The van der Waals surface area contributed by atoms with Crippen LogP contribution in [0, 0.1) is 5.82 Å². The number of rotatable bonds is 6. The maximum Gasteiger partial charge on any atom is 0.129 e. The Morgan fingerprint density at radius 3 is 2.56 bits per heavy atom. The summed E-state index contributed by atoms with van der Waals surface area (Å²) >= 11 is 0. The van der Waals surface area contributed by atoms with E-state index < -0.39 is 0 Å². The molecule has 3 aromatic rings. The first-order valence-electron chi connectivity index (χ1n) is 10.6. The van der Waals surface area contributed by atoms with Crippen molar-refractivity contribution in [3.05, 3.63) is 83.2 Å². The van der Waals surface area contributed by atoms with E-state index in [9.17, 15) is 9.50 Å². The fraction of sp³-hybridized carbons (Fsp3) is 0.259. The monoisotopic (exact) mass is 433 g/mol. The van der Waals surface area contributed by atoms with E-state index in [0.717, 1.165) is 39.1 Å². The van der Waals surface area contributed by atoms with Crippen LogP contribution in [0.15, 0.2) is 60.7 Å². The summed E-state index contributed by atoms with van der Waals surface area (Å²) in [6, 6.07) is 16.1. The van der Waals surface area contributed by atoms with Crippen LogP contribution in [-0.4, -0.2) is 17.8 Å². The molecule has 0 spiro atoms. The van der Waals surface area contributed by atoms with Crippen molar-refractivity contribution < 1.29 is 19.0 Å². The summed E-state index contributed by atoms with van der Waals surface area (Å²) in [5.41, 5.74) is 6.59. The molecule has 166 valence electrons. The molecule has 0 saturated carbocycles. The molecule has 2 N–H and O–H groups in total. The van der Waals surface area contributed by atoms with Crippen LogP contribution in [0.5, 0.6) is 11.5 Å². The molecule has 0 fully saturated rings. The van der Waals surface area contributed by atoms with E-state index in [2.05, 4.69) is 38.2 Å². The molecule has 0 bridgehead atoms. The lowest BCUT2D eigenvalue weighted by molar-refractivity contribution is 0.278. The van der Waals surface area contributed by atoms with Gasteiger partial charge in [-0.25, -0.2) is 4.39 Å². The summed E-state index contributed by atoms with van der Waals surface area (Å²) in [4.78, 5) is 0. The Labute approximate surface area is 188 Å². The van der Waals surface area contributed by atoms with Crippen molar-refractivity contribution >= 4 is 11.3 Å². The van der Waals surface area contributed by atoms with E-state index >= 15 is 0 Å². The number of hydrogen-bond donors (Lipinski definition) is 2. The summed E-state index contributed by atoms with van der Waals surface area (Å²) < 4.78 is 25.5. The fourth-order valence-electron chi connectivity index (χ4n) is 4.38. The molecule has 0 amide bonds. The highest BCUT2D eigenvalue weighted by Gasteiger charge is 2.27. The standard InChI is InChI=1S/C27H28FNO3/c1-17-14-27(2,3)29-24-11-10-21(22-9-8-19(28)13-25(22)31-4)23(26(17)24)16-32-20-7-5-6-18(12-20)15-30/h5-14,29-30H,15-16H2,1-4H3. The zero-order valence-electron chi connectivity index (χ0n) is 18.8. The second kappa shape index (κ2) is 8.67. The van der Waals surface area contributed by atoms with E-state index in [1.807, 2.05) is 30.3 Å². The molecular weight excluding hydrogens is 405 g/mol. The fourth-order valence-corrected chi connectivity index (χ4v) is 4.38. The van der Waals surface area contributed by atoms with Crippen molar-refractivity contribution in [1.82, 2.24) is 0 Å². The van der Waals surface area contributed by atoms with E-state index in [1.165, 1.54) is 12.1 Å². The Hall–Kier alpha value is -3.31. The van der Waals surface area contributed by atoms with Crippen molar-refractivity contribution in [2.45, 2.75) is 39.5 Å². The van der Waals surface area contributed by atoms with Gasteiger partial charge in [-0.3, -0.25) is 0 Å². The van der Waals surface area contributed by atoms with Crippen molar-refractivity contribution in [1.29, 1.82) is 0 Å². The van der Waals surface area contributed by atoms with Crippen LogP contribution in [0.2, 0.25) is 0 Å². The molecule has 1 heterocycles. The SMILES string of the molecule is COc1cc(F)ccc1-c1ccc2c(c1COc1cccc(CO)c1)C(C)=CC(C)(C)N2. The van der Waals surface area contributed by atoms with E-state index in [1.54, 1.807) is 13.2 Å². The van der Waals surface area contributed by atoms with Crippen LogP contribution >= 0.6 is 0 Å². The van der Waals surface area contributed by atoms with Gasteiger partial charge in [0.15, 0.2) is 0 Å². The van der Waals surface area contributed by atoms with E-state index in [-0.39, 0.29) is 18.0 Å². The lowest BCUT2D eigenvalue weighted by Gasteiger charge is -2.33. The predicted octanol–water partition coefficient (Wildman–Crippen LogP) is 6.18. The first-order chi connectivity index (χ1) is 15.3. The zero-order valence-corrected chi connectivity index (χ0v) is 18.8. The topological polar surface area (TPSA) is 50.7 Å². The Bertz CT molecular complexity index is 1180. The molecule has 0 aliphatic carbocycles. The number of aliphatic hydroxyl groups is 1. The Morgan fingerprint density at radius 1 is 1.03 bits per heavy atom. The largest absolute Gasteiger partial charge is 0.496 e. The lowest BCUT2D eigenvalue weighted by atomic mass is 9.85. The summed E-state index contributed by atoms with van der Waals surface area (Å²) in [6.07, 6.45) is 2.21. The summed E-state index contributed by atoms with van der Waals surface area (Å²) in [5, 5.41) is 13.0. The molecule has 0 unspecified atom stereocenters. The van der Waals surface area contributed by atoms with Crippen molar-refractivity contribution in [3.8, 4) is 22.6 Å². The van der Waals surface area contributed by atoms with Gasteiger partial charge in [-0.05, 0) is 67.8 Å². The van der Waals surface area contributed by atoms with Crippen molar-refractivity contribution in [3.63, 3.8) is 0 Å². The van der Waals surface area contributed by atoms with Crippen LogP contribution in [0.25, 0.3) is 16.7 Å². The normalized spacial score (nSPS) is 14.2. The van der Waals surface area contributed by atoms with Crippen molar-refractivity contribution in [2.24, 2.45) is 0 Å². The number of ether oxygens (including phenoxy) is 2. The average molecular weight is 434 g/mol. The minimum absolute atomic E-state index is 0.0448. The van der Waals surface area contributed by atoms with Gasteiger partial charge in [0.1, 0.15) is 23.9 Å². The number of hydrogen-bond acceptors (Lipinski definition) is 4. The highest BCUT2D eigenvalue weighted by molar-refractivity contribution is 5.88. The number of benzene rings is 3. The van der Waals surface area contributed by atoms with Crippen LogP contribution in [0.1, 0.15) is 37.5 Å². The summed E-state index contributed by atoms with van der Waals surface area (Å²) in [7, 11) is 1.54. The number of methoxy groups -OCH3 is 1. The minimum Gasteiger partial charge on any atom is -0.496 e. The van der Waals surface area contributed by atoms with Gasteiger partial charge in [-0.1, -0.05) is 24.3 Å². The number of anilines is 1. The third-order valence-electron chi connectivity index (χ3n) is 5.66. The molecular formula is C27H28FNO3. The Morgan fingerprint density at radius 2 is 1.81 bits per heavy atom. The van der Waals surface area contributed by atoms with Crippen LogP contribution in [0.3, 0.4) is 0 Å². The van der Waals surface area contributed by atoms with Gasteiger partial charge in [0.25, 0.3) is 0 Å². The van der Waals surface area contributed by atoms with E-state index in [0.29, 0.717) is 18.1 Å². The number of aliphatic hydroxyl groups excluding tert-OH is 1. The molecule has 0 saturated heterocycles. The van der Waals surface area contributed by atoms with Crippen LogP contribution < -0.4 is 14.8 Å². The molecule has 0 radical (unpaired) electrons. The molecule has 5 heteroatoms. The molecule has 4 rings (SSSR count). The molecule has 0 atom stereocenters. The summed E-state index contributed by atoms with van der Waals surface area (Å²) in [5.74, 6) is 0.804. The Kier molecular flexibility index (Phi) is 5.94. The van der Waals surface area contributed by atoms with Crippen molar-refractivity contribution in [2.75, 3.05) is 12.4 Å². The summed E-state index contributed by atoms with van der Waals surface area (Å²) in [6.45, 7) is 6.63. The van der Waals surface area contributed by atoms with Gasteiger partial charge >= 0.3 is 0 Å². The number of halogens is 1. The smallest absolute Gasteiger partial charge is 0.129 e. The first kappa shape index (κ1) is 21.9. The van der Waals surface area contributed by atoms with Gasteiger partial charge in [0.2, 0.25) is 0 Å². The third kappa shape index (κ3) is 4.34. The second-order valence-corrected chi connectivity index (χ2v) is 8.63. The van der Waals surface area contributed by atoms with E-state index in [4.69, 9.17) is 9.47 Å². The van der Waals surface area contributed by atoms with Crippen LogP contribution in [-0.2, 0) is 13.2 Å². The molecule has 1 aliphatic rings. The maximum absolute atomic E-state index is 13.9. The van der Waals surface area contributed by atoms with Crippen LogP contribution in [0.4, 0.5) is 10.1 Å². The number of fused-ring (bicyclic) bond motifs is 1. The van der Waals surface area contributed by atoms with Gasteiger partial charge < -0.3 is 19.9 Å². The lowest BCUT2D eigenvalue weighted by Crippen LogP contribution is -2.32. The quantitative estimate of drug-likeness (QED) is 0.487. The molecule has 3 aromatic carbocycles. The Balaban J connectivity index is 1.85. The number of allylic oxidation sites excluding steroid dienone is 1. The third-order valence-corrected chi connectivity index (χ3v) is 5.66. The second-order valence-electron chi connectivity index (χ2n) is 8.63. The molecule has 32 heavy (non-hydrogen) atoms. The highest BCUT2D eigenvalue weighted by atomic mass is 19.1. The highest BCUT2D eigenvalue weighted by Crippen LogP contribution is 2.42. The molecule has 4 nitrogen and oxygen atoms in total. The molecule has 0 aromatic heterocycles. The minimum atomic E-state index is -0.346. The van der Waals surface area contributed by atoms with Gasteiger partial charge in [-0.2, -0.15) is 0 Å². The maximum atomic E-state index is 13.9. The predicted molar refractivity (Wildman–Crippen MR) is 126 cm³/mol.